The Labute approximate surface area is 156 Å². The van der Waals surface area contributed by atoms with Gasteiger partial charge in [0.1, 0.15) is 5.75 Å². The molecule has 0 aliphatic heterocycles. The number of amides is 3. The number of carbonyl (C=O) groups excluding carboxylic acids is 3. The summed E-state index contributed by atoms with van der Waals surface area (Å²) in [4.78, 5) is 34.9. The monoisotopic (exact) mass is 371 g/mol. The first-order chi connectivity index (χ1) is 13.0. The molecule has 3 N–H and O–H groups in total. The molecule has 0 saturated carbocycles. The number of ether oxygens (including phenoxy) is 2. The van der Waals surface area contributed by atoms with Crippen LogP contribution in [0, 0.1) is 0 Å². The normalized spacial score (nSPS) is 9.85. The molecule has 0 saturated heterocycles. The third kappa shape index (κ3) is 6.35. The van der Waals surface area contributed by atoms with Crippen molar-refractivity contribution in [1.29, 1.82) is 0 Å². The maximum atomic E-state index is 12.0. The van der Waals surface area contributed by atoms with Gasteiger partial charge in [-0.3, -0.25) is 14.9 Å². The van der Waals surface area contributed by atoms with E-state index >= 15 is 0 Å². The second kappa shape index (κ2) is 9.81. The predicted molar refractivity (Wildman–Crippen MR) is 101 cm³/mol. The molecule has 0 unspecified atom stereocenters. The number of nitrogens with one attached hydrogen (secondary N) is 3. The fourth-order valence-electron chi connectivity index (χ4n) is 2.14. The molecule has 0 radical (unpaired) electrons. The van der Waals surface area contributed by atoms with Crippen LogP contribution in [0.5, 0.6) is 5.75 Å². The summed E-state index contributed by atoms with van der Waals surface area (Å²) < 4.78 is 10.2. The van der Waals surface area contributed by atoms with Crippen molar-refractivity contribution < 1.29 is 23.9 Å². The largest absolute Gasteiger partial charge is 0.484 e. The zero-order chi connectivity index (χ0) is 19.6. The van der Waals surface area contributed by atoms with Gasteiger partial charge in [-0.15, -0.1) is 0 Å². The minimum Gasteiger partial charge on any atom is -0.484 e. The van der Waals surface area contributed by atoms with Gasteiger partial charge in [-0.25, -0.2) is 4.79 Å². The second-order valence-corrected chi connectivity index (χ2v) is 5.37. The van der Waals surface area contributed by atoms with E-state index in [0.29, 0.717) is 22.7 Å². The molecule has 0 bridgehead atoms. The van der Waals surface area contributed by atoms with Crippen LogP contribution in [0.3, 0.4) is 0 Å². The molecular formula is C19H21N3O5. The lowest BCUT2D eigenvalue weighted by atomic mass is 10.2. The van der Waals surface area contributed by atoms with E-state index in [4.69, 9.17) is 9.47 Å². The van der Waals surface area contributed by atoms with Crippen molar-refractivity contribution in [3.05, 3.63) is 54.1 Å². The van der Waals surface area contributed by atoms with Crippen LogP contribution in [0.1, 0.15) is 17.3 Å². The van der Waals surface area contributed by atoms with E-state index in [0.717, 1.165) is 0 Å². The van der Waals surface area contributed by atoms with E-state index in [1.54, 1.807) is 62.5 Å². The van der Waals surface area contributed by atoms with E-state index in [1.807, 2.05) is 0 Å². The summed E-state index contributed by atoms with van der Waals surface area (Å²) in [5, 5.41) is 7.75. The molecule has 8 nitrogen and oxygen atoms in total. The minimum atomic E-state index is -0.562. The van der Waals surface area contributed by atoms with Gasteiger partial charge in [0.25, 0.3) is 11.8 Å². The summed E-state index contributed by atoms with van der Waals surface area (Å²) in [6, 6.07) is 13.1. The summed E-state index contributed by atoms with van der Waals surface area (Å²) in [5.74, 6) is -0.131. The lowest BCUT2D eigenvalue weighted by molar-refractivity contribution is -0.118. The molecule has 0 spiro atoms. The standard InChI is InChI=1S/C19H21N3O5/c1-3-26-19(25)22-15-5-4-6-16(11-15)27-12-17(23)21-14-9-7-13(8-10-14)18(24)20-2/h4-11H,3,12H2,1-2H3,(H,20,24)(H,21,23)(H,22,25). The van der Waals surface area contributed by atoms with Gasteiger partial charge in [0.2, 0.25) is 0 Å². The number of anilines is 2. The van der Waals surface area contributed by atoms with Crippen LogP contribution in [0.15, 0.2) is 48.5 Å². The van der Waals surface area contributed by atoms with Gasteiger partial charge in [0.05, 0.1) is 6.61 Å². The van der Waals surface area contributed by atoms with Gasteiger partial charge in [-0.2, -0.15) is 0 Å². The van der Waals surface area contributed by atoms with Gasteiger partial charge in [0, 0.05) is 30.1 Å². The van der Waals surface area contributed by atoms with E-state index < -0.39 is 6.09 Å². The lowest BCUT2D eigenvalue weighted by Gasteiger charge is -2.10. The zero-order valence-electron chi connectivity index (χ0n) is 15.1. The predicted octanol–water partition coefficient (Wildman–Crippen LogP) is 2.63. The highest BCUT2D eigenvalue weighted by molar-refractivity contribution is 5.96. The molecule has 0 atom stereocenters. The molecule has 27 heavy (non-hydrogen) atoms. The Morgan fingerprint density at radius 2 is 1.70 bits per heavy atom. The molecule has 2 aromatic carbocycles. The molecule has 2 rings (SSSR count). The third-order valence-corrected chi connectivity index (χ3v) is 3.38. The maximum absolute atomic E-state index is 12.0. The first kappa shape index (κ1) is 19.8. The zero-order valence-corrected chi connectivity index (χ0v) is 15.1. The van der Waals surface area contributed by atoms with Crippen molar-refractivity contribution in [3.63, 3.8) is 0 Å². The van der Waals surface area contributed by atoms with Crippen molar-refractivity contribution in [1.82, 2.24) is 5.32 Å². The van der Waals surface area contributed by atoms with Crippen molar-refractivity contribution >= 4 is 29.3 Å². The summed E-state index contributed by atoms with van der Waals surface area (Å²) >= 11 is 0. The highest BCUT2D eigenvalue weighted by Gasteiger charge is 2.07. The Bertz CT molecular complexity index is 805. The molecule has 8 heteroatoms. The van der Waals surface area contributed by atoms with Gasteiger partial charge < -0.3 is 20.1 Å². The van der Waals surface area contributed by atoms with E-state index in [-0.39, 0.29) is 25.0 Å². The van der Waals surface area contributed by atoms with Crippen LogP contribution in [0.25, 0.3) is 0 Å². The smallest absolute Gasteiger partial charge is 0.411 e. The fraction of sp³-hybridized carbons (Fsp3) is 0.211. The average Bonchev–Trinajstić information content (AvgIpc) is 2.67. The van der Waals surface area contributed by atoms with Crippen molar-refractivity contribution in [3.8, 4) is 5.75 Å². The van der Waals surface area contributed by atoms with Crippen molar-refractivity contribution in [2.24, 2.45) is 0 Å². The molecule has 0 aliphatic carbocycles. The van der Waals surface area contributed by atoms with E-state index in [9.17, 15) is 14.4 Å². The van der Waals surface area contributed by atoms with Gasteiger partial charge in [-0.1, -0.05) is 6.07 Å². The number of carbonyl (C=O) groups is 3. The Hall–Kier alpha value is -3.55. The number of hydrogen-bond donors (Lipinski definition) is 3. The average molecular weight is 371 g/mol. The van der Waals surface area contributed by atoms with Crippen LogP contribution in [-0.2, 0) is 9.53 Å². The molecule has 0 heterocycles. The summed E-state index contributed by atoms with van der Waals surface area (Å²) in [5.41, 5.74) is 1.54. The van der Waals surface area contributed by atoms with Gasteiger partial charge >= 0.3 is 6.09 Å². The Morgan fingerprint density at radius 1 is 0.963 bits per heavy atom. The SMILES string of the molecule is CCOC(=O)Nc1cccc(OCC(=O)Nc2ccc(C(=O)NC)cc2)c1. The molecular weight excluding hydrogens is 350 g/mol. The highest BCUT2D eigenvalue weighted by atomic mass is 16.5. The Kier molecular flexibility index (Phi) is 7.18. The van der Waals surface area contributed by atoms with Crippen molar-refractivity contribution in [2.75, 3.05) is 30.9 Å². The Morgan fingerprint density at radius 3 is 2.37 bits per heavy atom. The number of rotatable bonds is 7. The maximum Gasteiger partial charge on any atom is 0.411 e. The molecule has 0 aliphatic rings. The molecule has 0 fully saturated rings. The molecule has 0 aromatic heterocycles. The topological polar surface area (TPSA) is 106 Å². The summed E-state index contributed by atoms with van der Waals surface area (Å²) in [7, 11) is 1.55. The summed E-state index contributed by atoms with van der Waals surface area (Å²) in [6.45, 7) is 1.77. The number of benzene rings is 2. The van der Waals surface area contributed by atoms with E-state index in [2.05, 4.69) is 16.0 Å². The minimum absolute atomic E-state index is 0.201. The highest BCUT2D eigenvalue weighted by Crippen LogP contribution is 2.17. The summed E-state index contributed by atoms with van der Waals surface area (Å²) in [6.07, 6.45) is -0.562. The van der Waals surface area contributed by atoms with Crippen LogP contribution in [0.2, 0.25) is 0 Å². The third-order valence-electron chi connectivity index (χ3n) is 3.38. The first-order valence-corrected chi connectivity index (χ1v) is 8.30. The fourth-order valence-corrected chi connectivity index (χ4v) is 2.14. The van der Waals surface area contributed by atoms with Crippen molar-refractivity contribution in [2.45, 2.75) is 6.92 Å². The lowest BCUT2D eigenvalue weighted by Crippen LogP contribution is -2.21. The van der Waals surface area contributed by atoms with Crippen LogP contribution < -0.4 is 20.7 Å². The van der Waals surface area contributed by atoms with Crippen LogP contribution >= 0.6 is 0 Å². The molecule has 142 valence electrons. The quantitative estimate of drug-likeness (QED) is 0.694. The van der Waals surface area contributed by atoms with Crippen LogP contribution in [-0.4, -0.2) is 38.2 Å². The number of hydrogen-bond acceptors (Lipinski definition) is 5. The molecule has 2 aromatic rings. The second-order valence-electron chi connectivity index (χ2n) is 5.37. The molecule has 3 amide bonds. The van der Waals surface area contributed by atoms with Crippen LogP contribution in [0.4, 0.5) is 16.2 Å². The van der Waals surface area contributed by atoms with Gasteiger partial charge in [-0.05, 0) is 43.3 Å². The first-order valence-electron chi connectivity index (χ1n) is 8.30. The Balaban J connectivity index is 1.86. The van der Waals surface area contributed by atoms with E-state index in [1.165, 1.54) is 0 Å². The van der Waals surface area contributed by atoms with Gasteiger partial charge in [0.15, 0.2) is 6.61 Å².